The monoisotopic (exact) mass is 200 g/mol. The summed E-state index contributed by atoms with van der Waals surface area (Å²) >= 11 is 0. The molecule has 0 aliphatic heterocycles. The van der Waals surface area contributed by atoms with Crippen LogP contribution in [-0.4, -0.2) is 30.8 Å². The largest absolute Gasteiger partial charge is 0.345 e. The summed E-state index contributed by atoms with van der Waals surface area (Å²) in [5.74, 6) is 0.0568. The predicted molar refractivity (Wildman–Crippen MR) is 56.0 cm³/mol. The van der Waals surface area contributed by atoms with Crippen LogP contribution in [0, 0.1) is 5.92 Å². The zero-order valence-electron chi connectivity index (χ0n) is 9.55. The second-order valence-corrected chi connectivity index (χ2v) is 3.85. The number of rotatable bonds is 5. The molecule has 0 aliphatic carbocycles. The first kappa shape index (κ1) is 13.1. The van der Waals surface area contributed by atoms with Crippen LogP contribution in [0.5, 0.6) is 0 Å². The van der Waals surface area contributed by atoms with E-state index in [0.717, 1.165) is 0 Å². The molecule has 0 bridgehead atoms. The van der Waals surface area contributed by atoms with Gasteiger partial charge in [-0.3, -0.25) is 9.59 Å². The molecule has 2 N–H and O–H groups in total. The Morgan fingerprint density at radius 1 is 1.14 bits per heavy atom. The Labute approximate surface area is 85.4 Å². The van der Waals surface area contributed by atoms with E-state index in [4.69, 9.17) is 0 Å². The SMILES string of the molecule is CNC(C(=O)NC(C)C(C)=O)C(C)C. The molecule has 2 atom stereocenters. The minimum atomic E-state index is -0.405. The van der Waals surface area contributed by atoms with E-state index in [1.54, 1.807) is 14.0 Å². The number of nitrogens with one attached hydrogen (secondary N) is 2. The van der Waals surface area contributed by atoms with Crippen molar-refractivity contribution in [2.75, 3.05) is 7.05 Å². The molecule has 0 saturated heterocycles. The molecule has 82 valence electrons. The van der Waals surface area contributed by atoms with Crippen LogP contribution in [0.4, 0.5) is 0 Å². The number of hydrogen-bond donors (Lipinski definition) is 2. The first-order valence-electron chi connectivity index (χ1n) is 4.88. The highest BCUT2D eigenvalue weighted by molar-refractivity contribution is 5.89. The molecule has 0 spiro atoms. The molecule has 0 saturated carbocycles. The van der Waals surface area contributed by atoms with Gasteiger partial charge in [0.2, 0.25) is 5.91 Å². The van der Waals surface area contributed by atoms with Gasteiger partial charge in [-0.1, -0.05) is 13.8 Å². The van der Waals surface area contributed by atoms with Crippen molar-refractivity contribution < 1.29 is 9.59 Å². The fourth-order valence-electron chi connectivity index (χ4n) is 1.17. The molecular formula is C10H20N2O2. The van der Waals surface area contributed by atoms with Gasteiger partial charge in [0.25, 0.3) is 0 Å². The summed E-state index contributed by atoms with van der Waals surface area (Å²) in [5.41, 5.74) is 0. The Morgan fingerprint density at radius 2 is 1.64 bits per heavy atom. The van der Waals surface area contributed by atoms with Crippen LogP contribution in [0.25, 0.3) is 0 Å². The number of likely N-dealkylation sites (N-methyl/N-ethyl adjacent to an activating group) is 1. The van der Waals surface area contributed by atoms with E-state index >= 15 is 0 Å². The molecule has 0 aromatic heterocycles. The fourth-order valence-corrected chi connectivity index (χ4v) is 1.17. The minimum Gasteiger partial charge on any atom is -0.345 e. The van der Waals surface area contributed by atoms with E-state index in [1.807, 2.05) is 13.8 Å². The molecular weight excluding hydrogens is 180 g/mol. The molecule has 0 fully saturated rings. The maximum absolute atomic E-state index is 11.6. The van der Waals surface area contributed by atoms with Gasteiger partial charge in [-0.2, -0.15) is 0 Å². The molecule has 0 radical (unpaired) electrons. The molecule has 0 rings (SSSR count). The number of Topliss-reactive ketones (excluding diaryl/α,β-unsaturated/α-hetero) is 1. The van der Waals surface area contributed by atoms with E-state index < -0.39 is 6.04 Å². The summed E-state index contributed by atoms with van der Waals surface area (Å²) in [5, 5.41) is 5.58. The Morgan fingerprint density at radius 3 is 1.93 bits per heavy atom. The molecule has 0 aromatic carbocycles. The summed E-state index contributed by atoms with van der Waals surface area (Å²) in [4.78, 5) is 22.5. The molecule has 0 aromatic rings. The third kappa shape index (κ3) is 3.87. The highest BCUT2D eigenvalue weighted by Crippen LogP contribution is 2.01. The van der Waals surface area contributed by atoms with Crippen molar-refractivity contribution >= 4 is 11.7 Å². The Kier molecular flexibility index (Phi) is 5.38. The molecule has 0 heterocycles. The van der Waals surface area contributed by atoms with E-state index in [9.17, 15) is 9.59 Å². The molecule has 0 aliphatic rings. The topological polar surface area (TPSA) is 58.2 Å². The summed E-state index contributed by atoms with van der Waals surface area (Å²) in [6, 6.07) is -0.645. The molecule has 1 amide bonds. The number of ketones is 1. The Balaban J connectivity index is 4.24. The molecule has 4 nitrogen and oxygen atoms in total. The average Bonchev–Trinajstić information content (AvgIpc) is 2.04. The third-order valence-electron chi connectivity index (χ3n) is 2.23. The first-order valence-corrected chi connectivity index (χ1v) is 4.88. The highest BCUT2D eigenvalue weighted by atomic mass is 16.2. The second kappa shape index (κ2) is 5.75. The van der Waals surface area contributed by atoms with Gasteiger partial charge >= 0.3 is 0 Å². The van der Waals surface area contributed by atoms with Gasteiger partial charge in [0.1, 0.15) is 0 Å². The normalized spacial score (nSPS) is 15.0. The van der Waals surface area contributed by atoms with Crippen LogP contribution in [0.1, 0.15) is 27.7 Å². The van der Waals surface area contributed by atoms with E-state index in [1.165, 1.54) is 6.92 Å². The second-order valence-electron chi connectivity index (χ2n) is 3.85. The number of hydrogen-bond acceptors (Lipinski definition) is 3. The van der Waals surface area contributed by atoms with Crippen molar-refractivity contribution in [3.05, 3.63) is 0 Å². The average molecular weight is 200 g/mol. The lowest BCUT2D eigenvalue weighted by Crippen LogP contribution is -2.50. The van der Waals surface area contributed by atoms with Gasteiger partial charge in [0.15, 0.2) is 5.78 Å². The highest BCUT2D eigenvalue weighted by Gasteiger charge is 2.22. The van der Waals surface area contributed by atoms with Crippen molar-refractivity contribution in [3.8, 4) is 0 Å². The van der Waals surface area contributed by atoms with Crippen LogP contribution in [0.2, 0.25) is 0 Å². The number of amides is 1. The minimum absolute atomic E-state index is 0.0306. The van der Waals surface area contributed by atoms with Crippen LogP contribution >= 0.6 is 0 Å². The van der Waals surface area contributed by atoms with Crippen LogP contribution in [0.15, 0.2) is 0 Å². The van der Waals surface area contributed by atoms with Crippen molar-refractivity contribution in [1.82, 2.24) is 10.6 Å². The van der Waals surface area contributed by atoms with Crippen LogP contribution in [-0.2, 0) is 9.59 Å². The van der Waals surface area contributed by atoms with Gasteiger partial charge in [0, 0.05) is 0 Å². The Bertz CT molecular complexity index is 214. The Hall–Kier alpha value is -0.900. The van der Waals surface area contributed by atoms with E-state index in [2.05, 4.69) is 10.6 Å². The van der Waals surface area contributed by atoms with Crippen molar-refractivity contribution in [2.24, 2.45) is 5.92 Å². The van der Waals surface area contributed by atoms with Gasteiger partial charge < -0.3 is 10.6 Å². The van der Waals surface area contributed by atoms with Crippen molar-refractivity contribution in [1.29, 1.82) is 0 Å². The maximum atomic E-state index is 11.6. The smallest absolute Gasteiger partial charge is 0.237 e. The summed E-state index contributed by atoms with van der Waals surface area (Å²) in [7, 11) is 1.74. The van der Waals surface area contributed by atoms with Gasteiger partial charge in [-0.25, -0.2) is 0 Å². The summed E-state index contributed by atoms with van der Waals surface area (Å²) in [6.07, 6.45) is 0. The number of carbonyl (C=O) groups is 2. The van der Waals surface area contributed by atoms with E-state index in [0.29, 0.717) is 0 Å². The first-order chi connectivity index (χ1) is 6.40. The lowest BCUT2D eigenvalue weighted by Gasteiger charge is -2.21. The third-order valence-corrected chi connectivity index (χ3v) is 2.23. The number of carbonyl (C=O) groups excluding carboxylic acids is 2. The molecule has 4 heteroatoms. The maximum Gasteiger partial charge on any atom is 0.237 e. The lowest BCUT2D eigenvalue weighted by molar-refractivity contribution is -0.128. The standard InChI is InChI=1S/C10H20N2O2/c1-6(2)9(11-5)10(14)12-7(3)8(4)13/h6-7,9,11H,1-5H3,(H,12,14). The van der Waals surface area contributed by atoms with Gasteiger partial charge in [0.05, 0.1) is 12.1 Å². The molecule has 2 unspecified atom stereocenters. The zero-order valence-corrected chi connectivity index (χ0v) is 9.55. The lowest BCUT2D eigenvalue weighted by atomic mass is 10.0. The quantitative estimate of drug-likeness (QED) is 0.672. The van der Waals surface area contributed by atoms with Crippen LogP contribution < -0.4 is 10.6 Å². The van der Waals surface area contributed by atoms with Gasteiger partial charge in [-0.15, -0.1) is 0 Å². The predicted octanol–water partition coefficient (Wildman–Crippen LogP) is 0.324. The molecule has 14 heavy (non-hydrogen) atoms. The van der Waals surface area contributed by atoms with E-state index in [-0.39, 0.29) is 23.7 Å². The van der Waals surface area contributed by atoms with Crippen molar-refractivity contribution in [2.45, 2.75) is 39.8 Å². The fraction of sp³-hybridized carbons (Fsp3) is 0.800. The summed E-state index contributed by atoms with van der Waals surface area (Å²) in [6.45, 7) is 7.07. The van der Waals surface area contributed by atoms with Crippen LogP contribution in [0.3, 0.4) is 0 Å². The van der Waals surface area contributed by atoms with Crippen molar-refractivity contribution in [3.63, 3.8) is 0 Å². The summed E-state index contributed by atoms with van der Waals surface area (Å²) < 4.78 is 0. The zero-order chi connectivity index (χ0) is 11.3. The van der Waals surface area contributed by atoms with Gasteiger partial charge in [-0.05, 0) is 26.8 Å².